The van der Waals surface area contributed by atoms with Crippen LogP contribution in [0.2, 0.25) is 0 Å². The average Bonchev–Trinajstić information content (AvgIpc) is 2.91. The van der Waals surface area contributed by atoms with Crippen molar-refractivity contribution < 1.29 is 156 Å². The van der Waals surface area contributed by atoms with Crippen LogP contribution in [0.3, 0.4) is 0 Å². The van der Waals surface area contributed by atoms with Gasteiger partial charge in [0.05, 0.1) is 27.9 Å². The van der Waals surface area contributed by atoms with E-state index in [9.17, 15) is 28.7 Å². The minimum absolute atomic E-state index is 0. The molecule has 14 heteroatoms. The van der Waals surface area contributed by atoms with Gasteiger partial charge in [-0.05, 0) is 77.2 Å². The van der Waals surface area contributed by atoms with Gasteiger partial charge in [-0.15, -0.1) is 0 Å². The molecule has 8 nitrogen and oxygen atoms in total. The van der Waals surface area contributed by atoms with Gasteiger partial charge in [-0.3, -0.25) is 0 Å². The summed E-state index contributed by atoms with van der Waals surface area (Å²) in [4.78, 5) is 44.3. The van der Waals surface area contributed by atoms with E-state index in [2.05, 4.69) is 18.2 Å². The van der Waals surface area contributed by atoms with Gasteiger partial charge in [0.1, 0.15) is 0 Å². The van der Waals surface area contributed by atoms with Crippen LogP contribution in [-0.4, -0.2) is 12.2 Å². The summed E-state index contributed by atoms with van der Waals surface area (Å²) in [5.41, 5.74) is 6.87. The number of rotatable bonds is 14. The Kier molecular flexibility index (Phi) is 30.1. The molecule has 0 saturated heterocycles. The first kappa shape index (κ1) is 59.7. The zero-order chi connectivity index (χ0) is 37.9. The molecule has 3 atom stereocenters. The maximum Gasteiger partial charge on any atom is 1.00 e. The summed E-state index contributed by atoms with van der Waals surface area (Å²) in [6.45, 7) is 20.2. The Morgan fingerprint density at radius 1 is 0.685 bits per heavy atom. The van der Waals surface area contributed by atoms with E-state index in [0.29, 0.717) is 19.3 Å². The van der Waals surface area contributed by atoms with Crippen LogP contribution < -0.4 is 138 Å². The van der Waals surface area contributed by atoms with Crippen molar-refractivity contribution in [1.82, 2.24) is 0 Å². The number of phosphoric ester groups is 2. The van der Waals surface area contributed by atoms with Gasteiger partial charge in [-0.25, -0.2) is 0 Å². The summed E-state index contributed by atoms with van der Waals surface area (Å²) in [7, 11) is -10.1. The van der Waals surface area contributed by atoms with Gasteiger partial charge >= 0.3 is 118 Å². The predicted molar refractivity (Wildman–Crippen MR) is 197 cm³/mol. The summed E-state index contributed by atoms with van der Waals surface area (Å²) in [6.07, 6.45) is 30.2. The van der Waals surface area contributed by atoms with Crippen LogP contribution in [0.25, 0.3) is 0 Å². The molecule has 0 N–H and O–H groups in total. The first-order valence-electron chi connectivity index (χ1n) is 16.8. The van der Waals surface area contributed by atoms with Crippen molar-refractivity contribution in [1.29, 1.82) is 0 Å². The Bertz CT molecular complexity index is 1660. The molecule has 0 aromatic carbocycles. The van der Waals surface area contributed by atoms with Gasteiger partial charge in [-0.1, -0.05) is 152 Å². The Balaban J connectivity index is -0.00000650. The molecule has 0 aromatic heterocycles. The molecule has 2 aliphatic rings. The Morgan fingerprint density at radius 3 is 1.57 bits per heavy atom. The van der Waals surface area contributed by atoms with E-state index in [1.165, 1.54) is 0 Å². The van der Waals surface area contributed by atoms with E-state index in [1.807, 2.05) is 136 Å². The number of phosphoric acid groups is 2. The van der Waals surface area contributed by atoms with Crippen molar-refractivity contribution >= 4 is 15.6 Å². The van der Waals surface area contributed by atoms with Crippen LogP contribution in [0.5, 0.6) is 0 Å². The van der Waals surface area contributed by atoms with E-state index in [0.717, 1.165) is 39.0 Å². The van der Waals surface area contributed by atoms with Crippen LogP contribution in [-0.2, 0) is 18.2 Å². The largest absolute Gasteiger partial charge is 1.00 e. The zero-order valence-electron chi connectivity index (χ0n) is 35.2. The number of hydrogen-bond donors (Lipinski definition) is 0. The maximum absolute atomic E-state index is 11.1. The Hall–Kier alpha value is 1.36. The fourth-order valence-electron chi connectivity index (χ4n) is 6.57. The first-order valence-corrected chi connectivity index (χ1v) is 19.8. The summed E-state index contributed by atoms with van der Waals surface area (Å²) in [5, 5.41) is 0. The van der Waals surface area contributed by atoms with Crippen molar-refractivity contribution in [2.45, 2.75) is 101 Å². The summed E-state index contributed by atoms with van der Waals surface area (Å²) >= 11 is 0. The number of allylic oxidation sites excluding steroid dienone is 20. The molecular weight excluding hydrogens is 762 g/mol. The quantitative estimate of drug-likeness (QED) is 0.0751. The fraction of sp³-hybridized carbons (Fsp3) is 0.450. The molecule has 276 valence electrons. The molecule has 0 amide bonds. The van der Waals surface area contributed by atoms with Gasteiger partial charge in [-0.2, -0.15) is 0 Å². The molecule has 2 rings (SSSR count). The molecule has 0 fully saturated rings. The van der Waals surface area contributed by atoms with E-state index in [-0.39, 0.29) is 135 Å². The molecule has 54 heavy (non-hydrogen) atoms. The van der Waals surface area contributed by atoms with Gasteiger partial charge in [0.2, 0.25) is 0 Å². The van der Waals surface area contributed by atoms with Crippen molar-refractivity contribution in [2.24, 2.45) is 16.7 Å². The minimum Gasteiger partial charge on any atom is -0.790 e. The predicted octanol–water partition coefficient (Wildman–Crippen LogP) is -3.87. The van der Waals surface area contributed by atoms with Gasteiger partial charge in [0.15, 0.2) is 0 Å². The molecule has 0 heterocycles. The summed E-state index contributed by atoms with van der Waals surface area (Å²) in [6, 6.07) is 0. The van der Waals surface area contributed by atoms with Crippen LogP contribution in [0, 0.1) is 16.7 Å². The summed E-state index contributed by atoms with van der Waals surface area (Å²) < 4.78 is 31.7. The summed E-state index contributed by atoms with van der Waals surface area (Å²) in [5.74, 6) is 0.0958. The van der Waals surface area contributed by atoms with Crippen LogP contribution in [0.4, 0.5) is 0 Å². The van der Waals surface area contributed by atoms with Gasteiger partial charge in [0, 0.05) is 5.92 Å². The standard InChI is InChI=1S/C40H58O8P2.4Na/c1-29(17-13-19-31(3)21-23-37-33(5)25-35(27-39(37,7)8)47-49(41,42)43)15-11-12-16-30(2)18-14-20-32(4)22-24-38-34(6)26-36(28-40(38,9)10)48-50(44,45)46;;;;/h11-25,35-37H,26-28H2,1-10H3,(H2,41,42,43)(H2,44,45,46);;;;/q;4*+1/p-4/b12-11+,17-13+,18-14+,23-21+,24-22+,29-15+,30-16+,31-19+,32-20+;;;;/t35-,36+,37-;;;;/m0..../s1. The Morgan fingerprint density at radius 2 is 1.13 bits per heavy atom. The van der Waals surface area contributed by atoms with Crippen molar-refractivity contribution in [3.8, 4) is 0 Å². The molecule has 0 bridgehead atoms. The smallest absolute Gasteiger partial charge is 0.790 e. The normalized spacial score (nSPS) is 23.1. The molecule has 0 saturated carbocycles. The third kappa shape index (κ3) is 23.8. The zero-order valence-corrected chi connectivity index (χ0v) is 45.0. The topological polar surface area (TPSA) is 145 Å². The first-order chi connectivity index (χ1) is 23.0. The van der Waals surface area contributed by atoms with Crippen molar-refractivity contribution in [3.05, 3.63) is 130 Å². The van der Waals surface area contributed by atoms with E-state index in [4.69, 9.17) is 9.05 Å². The third-order valence-corrected chi connectivity index (χ3v) is 9.93. The average molecular weight is 817 g/mol. The van der Waals surface area contributed by atoms with Crippen LogP contribution >= 0.6 is 15.6 Å². The molecule has 2 aliphatic carbocycles. The van der Waals surface area contributed by atoms with Crippen LogP contribution in [0.15, 0.2) is 130 Å². The van der Waals surface area contributed by atoms with Gasteiger partial charge in [0.25, 0.3) is 0 Å². The molecule has 0 aromatic rings. The fourth-order valence-corrected chi connectivity index (χ4v) is 7.55. The van der Waals surface area contributed by atoms with E-state index < -0.39 is 27.9 Å². The van der Waals surface area contributed by atoms with Crippen LogP contribution in [0.1, 0.15) is 88.5 Å². The Labute approximate surface area is 414 Å². The van der Waals surface area contributed by atoms with Gasteiger partial charge < -0.3 is 37.8 Å². The van der Waals surface area contributed by atoms with E-state index in [1.54, 1.807) is 6.08 Å². The molecular formula is C40H54Na4O8P2. The molecule has 0 spiro atoms. The number of hydrogen-bond acceptors (Lipinski definition) is 8. The molecule has 0 unspecified atom stereocenters. The maximum atomic E-state index is 11.1. The SMILES string of the molecule is CC1=C[C@H](OP(=O)([O-])[O-])CC(C)(C)[C@H]1/C=C/C(C)=C/C=C/C(C)=C/C=C/C=C(C)/C=C/C=C(C)/C=C/C1=C(C)C[C@@H](OP(=O)([O-])[O-])CC1(C)C.[Na+].[Na+].[Na+].[Na+]. The molecule has 0 aliphatic heterocycles. The minimum atomic E-state index is -5.04. The van der Waals surface area contributed by atoms with Crippen molar-refractivity contribution in [3.63, 3.8) is 0 Å². The second kappa shape index (κ2) is 27.3. The monoisotopic (exact) mass is 816 g/mol. The third-order valence-electron chi connectivity index (χ3n) is 8.84. The second-order valence-corrected chi connectivity index (χ2v) is 17.0. The molecule has 0 radical (unpaired) electrons. The van der Waals surface area contributed by atoms with Crippen molar-refractivity contribution in [2.75, 3.05) is 0 Å². The van der Waals surface area contributed by atoms with E-state index >= 15 is 0 Å². The second-order valence-electron chi connectivity index (χ2n) is 14.8.